The van der Waals surface area contributed by atoms with Crippen molar-refractivity contribution in [1.29, 1.82) is 0 Å². The van der Waals surface area contributed by atoms with Gasteiger partial charge in [0, 0.05) is 11.7 Å². The lowest BCUT2D eigenvalue weighted by atomic mass is 9.82. The molecule has 1 rings (SSSR count). The average molecular weight is 196 g/mol. The zero-order valence-electron chi connectivity index (χ0n) is 8.84. The molecule has 0 spiro atoms. The van der Waals surface area contributed by atoms with E-state index in [2.05, 4.69) is 0 Å². The Labute approximate surface area is 84.1 Å². The third-order valence-electron chi connectivity index (χ3n) is 2.32. The molecule has 4 N–H and O–H groups in total. The summed E-state index contributed by atoms with van der Waals surface area (Å²) in [7, 11) is 0. The monoisotopic (exact) mass is 196 g/mol. The highest BCUT2D eigenvalue weighted by atomic mass is 19.1. The predicted octanol–water partition coefficient (Wildman–Crippen LogP) is 2.45. The molecule has 0 fully saturated rings. The first-order valence-corrected chi connectivity index (χ1v) is 4.63. The summed E-state index contributed by atoms with van der Waals surface area (Å²) in [6.07, 6.45) is 0. The van der Waals surface area contributed by atoms with Gasteiger partial charge < -0.3 is 11.5 Å². The molecule has 0 aliphatic heterocycles. The van der Waals surface area contributed by atoms with Gasteiger partial charge in [-0.1, -0.05) is 20.8 Å². The van der Waals surface area contributed by atoms with Crippen LogP contribution in [-0.2, 0) is 0 Å². The molecule has 0 amide bonds. The minimum atomic E-state index is -0.297. The van der Waals surface area contributed by atoms with Crippen molar-refractivity contribution in [2.24, 2.45) is 11.1 Å². The smallest absolute Gasteiger partial charge is 0.123 e. The fourth-order valence-corrected chi connectivity index (χ4v) is 1.28. The maximum absolute atomic E-state index is 13.0. The van der Waals surface area contributed by atoms with Gasteiger partial charge in [-0.25, -0.2) is 4.39 Å². The van der Waals surface area contributed by atoms with Crippen LogP contribution in [0.2, 0.25) is 0 Å². The highest BCUT2D eigenvalue weighted by molar-refractivity contribution is 5.48. The molecule has 78 valence electrons. The van der Waals surface area contributed by atoms with E-state index in [1.165, 1.54) is 12.1 Å². The molecule has 1 aromatic rings. The highest BCUT2D eigenvalue weighted by Crippen LogP contribution is 2.33. The Kier molecular flexibility index (Phi) is 2.81. The van der Waals surface area contributed by atoms with Gasteiger partial charge in [-0.15, -0.1) is 0 Å². The number of benzene rings is 1. The van der Waals surface area contributed by atoms with E-state index in [-0.39, 0.29) is 17.3 Å². The van der Waals surface area contributed by atoms with E-state index in [1.807, 2.05) is 20.8 Å². The summed E-state index contributed by atoms with van der Waals surface area (Å²) < 4.78 is 13.0. The second kappa shape index (κ2) is 3.58. The van der Waals surface area contributed by atoms with Gasteiger partial charge in [0.1, 0.15) is 5.82 Å². The summed E-state index contributed by atoms with van der Waals surface area (Å²) >= 11 is 0. The number of hydrogen-bond donors (Lipinski definition) is 2. The van der Waals surface area contributed by atoms with Crippen molar-refractivity contribution in [2.75, 3.05) is 5.73 Å². The van der Waals surface area contributed by atoms with Gasteiger partial charge in [0.05, 0.1) is 0 Å². The van der Waals surface area contributed by atoms with Crippen molar-refractivity contribution in [3.8, 4) is 0 Å². The summed E-state index contributed by atoms with van der Waals surface area (Å²) in [4.78, 5) is 0. The first-order chi connectivity index (χ1) is 6.32. The van der Waals surface area contributed by atoms with Crippen LogP contribution in [0.3, 0.4) is 0 Å². The lowest BCUT2D eigenvalue weighted by Gasteiger charge is -2.28. The van der Waals surface area contributed by atoms with E-state index >= 15 is 0 Å². The van der Waals surface area contributed by atoms with Crippen LogP contribution >= 0.6 is 0 Å². The van der Waals surface area contributed by atoms with Crippen LogP contribution in [0.15, 0.2) is 18.2 Å². The van der Waals surface area contributed by atoms with Gasteiger partial charge in [-0.2, -0.15) is 0 Å². The predicted molar refractivity (Wildman–Crippen MR) is 57.2 cm³/mol. The Morgan fingerprint density at radius 2 is 1.86 bits per heavy atom. The van der Waals surface area contributed by atoms with Crippen LogP contribution in [-0.4, -0.2) is 0 Å². The van der Waals surface area contributed by atoms with Crippen molar-refractivity contribution >= 4 is 5.69 Å². The SMILES string of the molecule is CC(C)(C)C(N)c1cc(F)ccc1N. The van der Waals surface area contributed by atoms with Crippen LogP contribution in [0, 0.1) is 11.2 Å². The van der Waals surface area contributed by atoms with Gasteiger partial charge in [-0.3, -0.25) is 0 Å². The number of nitrogen functional groups attached to an aromatic ring is 1. The molecule has 0 aromatic heterocycles. The fraction of sp³-hybridized carbons (Fsp3) is 0.455. The lowest BCUT2D eigenvalue weighted by molar-refractivity contribution is 0.327. The number of anilines is 1. The minimum Gasteiger partial charge on any atom is -0.398 e. The Morgan fingerprint density at radius 1 is 1.29 bits per heavy atom. The van der Waals surface area contributed by atoms with Crippen LogP contribution in [0.5, 0.6) is 0 Å². The van der Waals surface area contributed by atoms with Crippen molar-refractivity contribution in [3.63, 3.8) is 0 Å². The molecule has 0 saturated carbocycles. The molecule has 1 aromatic carbocycles. The van der Waals surface area contributed by atoms with Gasteiger partial charge in [0.25, 0.3) is 0 Å². The molecular weight excluding hydrogens is 179 g/mol. The third kappa shape index (κ3) is 2.23. The first kappa shape index (κ1) is 11.0. The average Bonchev–Trinajstić information content (AvgIpc) is 2.06. The summed E-state index contributed by atoms with van der Waals surface area (Å²) in [5.74, 6) is -0.297. The largest absolute Gasteiger partial charge is 0.398 e. The fourth-order valence-electron chi connectivity index (χ4n) is 1.28. The minimum absolute atomic E-state index is 0.123. The van der Waals surface area contributed by atoms with E-state index < -0.39 is 0 Å². The van der Waals surface area contributed by atoms with Crippen molar-refractivity contribution in [3.05, 3.63) is 29.6 Å². The van der Waals surface area contributed by atoms with E-state index in [0.717, 1.165) is 0 Å². The van der Waals surface area contributed by atoms with Crippen molar-refractivity contribution in [2.45, 2.75) is 26.8 Å². The lowest BCUT2D eigenvalue weighted by Crippen LogP contribution is -2.27. The number of hydrogen-bond acceptors (Lipinski definition) is 2. The molecule has 3 heteroatoms. The van der Waals surface area contributed by atoms with Crippen molar-refractivity contribution in [1.82, 2.24) is 0 Å². The second-order valence-corrected chi connectivity index (χ2v) is 4.62. The highest BCUT2D eigenvalue weighted by Gasteiger charge is 2.24. The number of rotatable bonds is 1. The molecular formula is C11H17FN2. The topological polar surface area (TPSA) is 52.0 Å². The zero-order valence-corrected chi connectivity index (χ0v) is 8.84. The quantitative estimate of drug-likeness (QED) is 0.678. The number of halogens is 1. The maximum atomic E-state index is 13.0. The van der Waals surface area contributed by atoms with E-state index in [4.69, 9.17) is 11.5 Å². The normalized spacial score (nSPS) is 14.1. The molecule has 0 radical (unpaired) electrons. The summed E-state index contributed by atoms with van der Waals surface area (Å²) in [6.45, 7) is 6.01. The Bertz CT molecular complexity index is 329. The Balaban J connectivity index is 3.12. The molecule has 1 unspecified atom stereocenters. The summed E-state index contributed by atoms with van der Waals surface area (Å²) in [5.41, 5.74) is 12.8. The van der Waals surface area contributed by atoms with Gasteiger partial charge in [0.2, 0.25) is 0 Å². The van der Waals surface area contributed by atoms with Gasteiger partial charge in [-0.05, 0) is 29.2 Å². The van der Waals surface area contributed by atoms with E-state index in [1.54, 1.807) is 6.07 Å². The third-order valence-corrected chi connectivity index (χ3v) is 2.32. The zero-order chi connectivity index (χ0) is 10.9. The molecule has 0 aliphatic rings. The molecule has 0 heterocycles. The molecule has 1 atom stereocenters. The first-order valence-electron chi connectivity index (χ1n) is 4.63. The standard InChI is InChI=1S/C11H17FN2/c1-11(2,3)10(14)8-6-7(12)4-5-9(8)13/h4-6,10H,13-14H2,1-3H3. The Morgan fingerprint density at radius 3 is 2.36 bits per heavy atom. The summed E-state index contributed by atoms with van der Waals surface area (Å²) in [6, 6.07) is 4.05. The van der Waals surface area contributed by atoms with Gasteiger partial charge in [0.15, 0.2) is 0 Å². The van der Waals surface area contributed by atoms with Crippen LogP contribution in [0.4, 0.5) is 10.1 Å². The van der Waals surface area contributed by atoms with E-state index in [9.17, 15) is 4.39 Å². The van der Waals surface area contributed by atoms with Crippen LogP contribution in [0.1, 0.15) is 32.4 Å². The molecule has 0 aliphatic carbocycles. The van der Waals surface area contributed by atoms with E-state index in [0.29, 0.717) is 11.3 Å². The molecule has 14 heavy (non-hydrogen) atoms. The number of nitrogens with two attached hydrogens (primary N) is 2. The maximum Gasteiger partial charge on any atom is 0.123 e. The molecule has 2 nitrogen and oxygen atoms in total. The van der Waals surface area contributed by atoms with Gasteiger partial charge >= 0.3 is 0 Å². The van der Waals surface area contributed by atoms with Crippen molar-refractivity contribution < 1.29 is 4.39 Å². The Hall–Kier alpha value is -1.09. The summed E-state index contributed by atoms with van der Waals surface area (Å²) in [5, 5.41) is 0. The molecule has 0 saturated heterocycles. The van der Waals surface area contributed by atoms with Crippen LogP contribution < -0.4 is 11.5 Å². The van der Waals surface area contributed by atoms with Crippen LogP contribution in [0.25, 0.3) is 0 Å². The second-order valence-electron chi connectivity index (χ2n) is 4.62. The molecule has 0 bridgehead atoms.